The van der Waals surface area contributed by atoms with Crippen LogP contribution >= 0.6 is 0 Å². The molecular weight excluding hydrogens is 244 g/mol. The van der Waals surface area contributed by atoms with Crippen LogP contribution in [0.15, 0.2) is 0 Å². The van der Waals surface area contributed by atoms with Crippen molar-refractivity contribution in [3.8, 4) is 0 Å². The van der Waals surface area contributed by atoms with Crippen molar-refractivity contribution >= 4 is 11.8 Å². The highest BCUT2D eigenvalue weighted by Crippen LogP contribution is 2.14. The maximum atomic E-state index is 11.8. The molecule has 0 rings (SSSR count). The van der Waals surface area contributed by atoms with Crippen LogP contribution in [0.1, 0.15) is 52.9 Å². The Morgan fingerprint density at radius 1 is 1.26 bits per heavy atom. The molecule has 0 radical (unpaired) electrons. The second-order valence-corrected chi connectivity index (χ2v) is 5.46. The summed E-state index contributed by atoms with van der Waals surface area (Å²) in [5, 5.41) is 12.5. The molecule has 0 aromatic rings. The molecule has 0 fully saturated rings. The molecule has 0 aliphatic carbocycles. The standard InChI is InChI=1S/C14H28N2O3/c1-4-5-8-16-14(19)12(13(15)18)9-11(17)7-6-10(2)3/h10-12,17H,4-9H2,1-3H3,(H2,15,18)(H,16,19)/t11-,12+/m0/s1. The number of hydrogen-bond acceptors (Lipinski definition) is 3. The first-order valence-electron chi connectivity index (χ1n) is 7.13. The van der Waals surface area contributed by atoms with E-state index in [4.69, 9.17) is 5.73 Å². The molecule has 112 valence electrons. The molecule has 5 nitrogen and oxygen atoms in total. The van der Waals surface area contributed by atoms with Gasteiger partial charge in [0.05, 0.1) is 6.10 Å². The fourth-order valence-electron chi connectivity index (χ4n) is 1.78. The van der Waals surface area contributed by atoms with E-state index in [1.807, 2.05) is 6.92 Å². The molecule has 0 aromatic heterocycles. The minimum absolute atomic E-state index is 0.111. The van der Waals surface area contributed by atoms with E-state index in [9.17, 15) is 14.7 Å². The lowest BCUT2D eigenvalue weighted by Gasteiger charge is -2.18. The van der Waals surface area contributed by atoms with Gasteiger partial charge in [0.2, 0.25) is 11.8 Å². The van der Waals surface area contributed by atoms with Crippen molar-refractivity contribution in [2.75, 3.05) is 6.54 Å². The van der Waals surface area contributed by atoms with Crippen LogP contribution < -0.4 is 11.1 Å². The zero-order valence-corrected chi connectivity index (χ0v) is 12.3. The van der Waals surface area contributed by atoms with Gasteiger partial charge in [0.1, 0.15) is 5.92 Å². The quantitative estimate of drug-likeness (QED) is 0.412. The van der Waals surface area contributed by atoms with Crippen molar-refractivity contribution < 1.29 is 14.7 Å². The molecule has 0 saturated carbocycles. The van der Waals surface area contributed by atoms with E-state index in [1.54, 1.807) is 0 Å². The van der Waals surface area contributed by atoms with Crippen LogP contribution in [0.4, 0.5) is 0 Å². The van der Waals surface area contributed by atoms with Gasteiger partial charge in [-0.25, -0.2) is 0 Å². The molecule has 0 aliphatic rings. The normalized spacial score (nSPS) is 14.2. The first kappa shape index (κ1) is 17.9. The molecule has 5 heteroatoms. The van der Waals surface area contributed by atoms with Crippen LogP contribution in [-0.2, 0) is 9.59 Å². The second-order valence-electron chi connectivity index (χ2n) is 5.46. The lowest BCUT2D eigenvalue weighted by Crippen LogP contribution is -2.41. The van der Waals surface area contributed by atoms with Gasteiger partial charge in [-0.2, -0.15) is 0 Å². The summed E-state index contributed by atoms with van der Waals surface area (Å²) < 4.78 is 0. The third kappa shape index (κ3) is 8.59. The number of aliphatic hydroxyl groups excluding tert-OH is 1. The van der Waals surface area contributed by atoms with Gasteiger partial charge < -0.3 is 16.2 Å². The van der Waals surface area contributed by atoms with E-state index < -0.39 is 17.9 Å². The third-order valence-electron chi connectivity index (χ3n) is 3.07. The second kappa shape index (κ2) is 9.78. The Kier molecular flexibility index (Phi) is 9.21. The van der Waals surface area contributed by atoms with Crippen molar-refractivity contribution in [2.24, 2.45) is 17.6 Å². The van der Waals surface area contributed by atoms with Gasteiger partial charge in [-0.15, -0.1) is 0 Å². The number of aliphatic hydroxyl groups is 1. The van der Waals surface area contributed by atoms with Crippen LogP contribution in [0, 0.1) is 11.8 Å². The van der Waals surface area contributed by atoms with Crippen molar-refractivity contribution in [2.45, 2.75) is 59.0 Å². The molecule has 2 atom stereocenters. The highest BCUT2D eigenvalue weighted by Gasteiger charge is 2.26. The first-order chi connectivity index (χ1) is 8.88. The molecule has 0 unspecified atom stereocenters. The zero-order valence-electron chi connectivity index (χ0n) is 12.3. The number of amides is 2. The molecule has 0 bridgehead atoms. The first-order valence-corrected chi connectivity index (χ1v) is 7.13. The van der Waals surface area contributed by atoms with Crippen molar-refractivity contribution in [3.63, 3.8) is 0 Å². The Labute approximate surface area is 115 Å². The molecule has 0 heterocycles. The van der Waals surface area contributed by atoms with Crippen LogP contribution in [0.25, 0.3) is 0 Å². The molecule has 19 heavy (non-hydrogen) atoms. The Morgan fingerprint density at radius 3 is 2.37 bits per heavy atom. The largest absolute Gasteiger partial charge is 0.393 e. The average Bonchev–Trinajstić information content (AvgIpc) is 2.33. The van der Waals surface area contributed by atoms with Gasteiger partial charge in [-0.3, -0.25) is 9.59 Å². The molecule has 0 aromatic carbocycles. The molecule has 2 amide bonds. The summed E-state index contributed by atoms with van der Waals surface area (Å²) in [6, 6.07) is 0. The summed E-state index contributed by atoms with van der Waals surface area (Å²) in [4.78, 5) is 23.1. The van der Waals surface area contributed by atoms with Gasteiger partial charge in [0, 0.05) is 6.54 Å². The Hall–Kier alpha value is -1.10. The lowest BCUT2D eigenvalue weighted by molar-refractivity contribution is -0.135. The monoisotopic (exact) mass is 272 g/mol. The molecule has 0 saturated heterocycles. The maximum absolute atomic E-state index is 11.8. The van der Waals surface area contributed by atoms with E-state index in [1.165, 1.54) is 0 Å². The Bertz CT molecular complexity index is 280. The van der Waals surface area contributed by atoms with Gasteiger partial charge >= 0.3 is 0 Å². The van der Waals surface area contributed by atoms with Crippen molar-refractivity contribution in [3.05, 3.63) is 0 Å². The van der Waals surface area contributed by atoms with Gasteiger partial charge in [0.25, 0.3) is 0 Å². The fraction of sp³-hybridized carbons (Fsp3) is 0.857. The van der Waals surface area contributed by atoms with Crippen LogP contribution in [0.2, 0.25) is 0 Å². The lowest BCUT2D eigenvalue weighted by atomic mass is 9.95. The van der Waals surface area contributed by atoms with E-state index in [0.29, 0.717) is 18.9 Å². The predicted molar refractivity (Wildman–Crippen MR) is 75.3 cm³/mol. The summed E-state index contributed by atoms with van der Waals surface area (Å²) in [5.74, 6) is -1.48. The molecular formula is C14H28N2O3. The summed E-state index contributed by atoms with van der Waals surface area (Å²) in [6.45, 7) is 6.69. The highest BCUT2D eigenvalue weighted by atomic mass is 16.3. The van der Waals surface area contributed by atoms with Gasteiger partial charge in [-0.1, -0.05) is 27.2 Å². The summed E-state index contributed by atoms with van der Waals surface area (Å²) in [6.07, 6.45) is 2.75. The Morgan fingerprint density at radius 2 is 1.89 bits per heavy atom. The van der Waals surface area contributed by atoms with Crippen LogP contribution in [-0.4, -0.2) is 29.6 Å². The topological polar surface area (TPSA) is 92.4 Å². The minimum Gasteiger partial charge on any atom is -0.393 e. The number of unbranched alkanes of at least 4 members (excludes halogenated alkanes) is 1. The maximum Gasteiger partial charge on any atom is 0.232 e. The smallest absolute Gasteiger partial charge is 0.232 e. The van der Waals surface area contributed by atoms with Crippen LogP contribution in [0.5, 0.6) is 0 Å². The minimum atomic E-state index is -0.931. The van der Waals surface area contributed by atoms with E-state index >= 15 is 0 Å². The molecule has 0 aliphatic heterocycles. The van der Waals surface area contributed by atoms with Crippen molar-refractivity contribution in [1.82, 2.24) is 5.32 Å². The average molecular weight is 272 g/mol. The van der Waals surface area contributed by atoms with Gasteiger partial charge in [-0.05, 0) is 31.6 Å². The number of carbonyl (C=O) groups is 2. The number of carbonyl (C=O) groups excluding carboxylic acids is 2. The number of rotatable bonds is 10. The van der Waals surface area contributed by atoms with Crippen molar-refractivity contribution in [1.29, 1.82) is 0 Å². The summed E-state index contributed by atoms with van der Waals surface area (Å²) in [7, 11) is 0. The number of nitrogens with two attached hydrogens (primary N) is 1. The number of hydrogen-bond donors (Lipinski definition) is 3. The SMILES string of the molecule is CCCCNC(=O)[C@H](C[C@@H](O)CCC(C)C)C(N)=O. The highest BCUT2D eigenvalue weighted by molar-refractivity contribution is 5.99. The third-order valence-corrected chi connectivity index (χ3v) is 3.07. The van der Waals surface area contributed by atoms with E-state index in [0.717, 1.165) is 19.3 Å². The molecule has 0 spiro atoms. The van der Waals surface area contributed by atoms with Crippen LogP contribution in [0.3, 0.4) is 0 Å². The predicted octanol–water partition coefficient (Wildman–Crippen LogP) is 1.19. The summed E-state index contributed by atoms with van der Waals surface area (Å²) in [5.41, 5.74) is 5.24. The number of nitrogens with one attached hydrogen (secondary N) is 1. The molecule has 4 N–H and O–H groups in total. The number of primary amides is 1. The summed E-state index contributed by atoms with van der Waals surface area (Å²) >= 11 is 0. The fourth-order valence-corrected chi connectivity index (χ4v) is 1.78. The van der Waals surface area contributed by atoms with Gasteiger partial charge in [0.15, 0.2) is 0 Å². The van der Waals surface area contributed by atoms with E-state index in [2.05, 4.69) is 19.2 Å². The Balaban J connectivity index is 4.24. The van der Waals surface area contributed by atoms with E-state index in [-0.39, 0.29) is 12.3 Å². The zero-order chi connectivity index (χ0) is 14.8.